The Morgan fingerprint density at radius 3 is 2.71 bits per heavy atom. The van der Waals surface area contributed by atoms with Gasteiger partial charge < -0.3 is 10.0 Å². The van der Waals surface area contributed by atoms with Gasteiger partial charge in [-0.25, -0.2) is 0 Å². The molecule has 1 saturated heterocycles. The van der Waals surface area contributed by atoms with Crippen molar-refractivity contribution in [1.29, 1.82) is 0 Å². The van der Waals surface area contributed by atoms with Crippen molar-refractivity contribution in [2.45, 2.75) is 38.7 Å². The molecule has 2 aromatic heterocycles. The highest BCUT2D eigenvalue weighted by molar-refractivity contribution is 5.93. The van der Waals surface area contributed by atoms with Crippen LogP contribution in [0.15, 0.2) is 18.3 Å². The molecule has 7 nitrogen and oxygen atoms in total. The molecule has 1 aliphatic rings. The number of amides is 1. The monoisotopic (exact) mass is 331 g/mol. The highest BCUT2D eigenvalue weighted by atomic mass is 16.3. The lowest BCUT2D eigenvalue weighted by Crippen LogP contribution is -2.40. The van der Waals surface area contributed by atoms with Crippen LogP contribution in [-0.4, -0.2) is 54.6 Å². The lowest BCUT2D eigenvalue weighted by atomic mass is 9.86. The van der Waals surface area contributed by atoms with E-state index in [1.165, 1.54) is 0 Å². The molecule has 1 amide bonds. The summed E-state index contributed by atoms with van der Waals surface area (Å²) in [5.74, 6) is 0.457. The van der Waals surface area contributed by atoms with Crippen molar-refractivity contribution in [1.82, 2.24) is 24.9 Å². The van der Waals surface area contributed by atoms with E-state index in [2.05, 4.69) is 15.3 Å². The average Bonchev–Trinajstić information content (AvgIpc) is 3.14. The summed E-state index contributed by atoms with van der Waals surface area (Å²) >= 11 is 0. The van der Waals surface area contributed by atoms with Gasteiger partial charge in [-0.3, -0.25) is 14.6 Å². The van der Waals surface area contributed by atoms with Gasteiger partial charge in [0.05, 0.1) is 11.3 Å². The number of carbonyl (C=O) groups excluding carboxylic acids is 1. The first-order chi connectivity index (χ1) is 11.3. The lowest BCUT2D eigenvalue weighted by molar-refractivity contribution is 0.0357. The molecule has 0 saturated carbocycles. The van der Waals surface area contributed by atoms with Crippen LogP contribution < -0.4 is 0 Å². The first kappa shape index (κ1) is 16.7. The Hall–Kier alpha value is -2.15. The van der Waals surface area contributed by atoms with E-state index in [9.17, 15) is 9.90 Å². The van der Waals surface area contributed by atoms with Gasteiger partial charge in [-0.2, -0.15) is 10.2 Å². The van der Waals surface area contributed by atoms with Gasteiger partial charge in [-0.05, 0) is 51.2 Å². The first-order valence-electron chi connectivity index (χ1n) is 8.39. The number of likely N-dealkylation sites (tertiary alicyclic amines) is 1. The zero-order valence-electron chi connectivity index (χ0n) is 14.5. The standard InChI is InChI=1S/C17H25N5O2/c1-17(2,24)11-12-5-8-22(9-6-12)16(23)14-10-13(19-20-14)15-4-7-18-21(15)3/h4,7,10,12,24H,5-6,8-9,11H2,1-3H3,(H,19,20). The molecule has 0 radical (unpaired) electrons. The van der Waals surface area contributed by atoms with Crippen molar-refractivity contribution in [3.05, 3.63) is 24.0 Å². The average molecular weight is 331 g/mol. The molecule has 0 aliphatic carbocycles. The van der Waals surface area contributed by atoms with E-state index in [4.69, 9.17) is 0 Å². The molecule has 1 fully saturated rings. The quantitative estimate of drug-likeness (QED) is 0.895. The molecule has 0 spiro atoms. The second-order valence-corrected chi connectivity index (χ2v) is 7.26. The Balaban J connectivity index is 1.62. The summed E-state index contributed by atoms with van der Waals surface area (Å²) in [6.07, 6.45) is 4.35. The minimum atomic E-state index is -0.641. The molecule has 24 heavy (non-hydrogen) atoms. The minimum Gasteiger partial charge on any atom is -0.390 e. The van der Waals surface area contributed by atoms with Crippen molar-refractivity contribution in [2.24, 2.45) is 13.0 Å². The van der Waals surface area contributed by atoms with Crippen LogP contribution in [-0.2, 0) is 7.05 Å². The van der Waals surface area contributed by atoms with Crippen molar-refractivity contribution in [3.8, 4) is 11.4 Å². The number of H-pyrrole nitrogens is 1. The SMILES string of the molecule is Cn1nccc1-c1cc(C(=O)N2CCC(CC(C)(C)O)CC2)[nH]n1. The number of aryl methyl sites for hydroxylation is 1. The number of aliphatic hydroxyl groups is 1. The second kappa shape index (κ2) is 6.39. The molecule has 0 aromatic carbocycles. The second-order valence-electron chi connectivity index (χ2n) is 7.26. The van der Waals surface area contributed by atoms with E-state index in [1.807, 2.05) is 31.9 Å². The number of carbonyl (C=O) groups is 1. The number of piperidine rings is 1. The van der Waals surface area contributed by atoms with Gasteiger partial charge in [0.15, 0.2) is 0 Å². The Kier molecular flexibility index (Phi) is 4.45. The molecular weight excluding hydrogens is 306 g/mol. The van der Waals surface area contributed by atoms with E-state index in [1.54, 1.807) is 16.9 Å². The summed E-state index contributed by atoms with van der Waals surface area (Å²) in [4.78, 5) is 14.5. The lowest BCUT2D eigenvalue weighted by Gasteiger charge is -2.34. The maximum absolute atomic E-state index is 12.6. The molecule has 130 valence electrons. The number of hydrogen-bond donors (Lipinski definition) is 2. The molecule has 3 heterocycles. The van der Waals surface area contributed by atoms with Crippen LogP contribution in [0.5, 0.6) is 0 Å². The number of nitrogens with one attached hydrogen (secondary N) is 1. The third kappa shape index (κ3) is 3.67. The molecule has 3 rings (SSSR count). The van der Waals surface area contributed by atoms with Gasteiger partial charge in [-0.15, -0.1) is 0 Å². The van der Waals surface area contributed by atoms with Gasteiger partial charge in [0.25, 0.3) is 5.91 Å². The maximum Gasteiger partial charge on any atom is 0.271 e. The molecule has 0 bridgehead atoms. The first-order valence-corrected chi connectivity index (χ1v) is 8.39. The maximum atomic E-state index is 12.6. The normalized spacial score (nSPS) is 16.6. The third-order valence-corrected chi connectivity index (χ3v) is 4.58. The number of aromatic amines is 1. The van der Waals surface area contributed by atoms with Crippen molar-refractivity contribution in [3.63, 3.8) is 0 Å². The van der Waals surface area contributed by atoms with Crippen LogP contribution in [0, 0.1) is 5.92 Å². The van der Waals surface area contributed by atoms with Crippen molar-refractivity contribution >= 4 is 5.91 Å². The highest BCUT2D eigenvalue weighted by Crippen LogP contribution is 2.27. The summed E-state index contributed by atoms with van der Waals surface area (Å²) in [7, 11) is 1.85. The Bertz CT molecular complexity index is 705. The topological polar surface area (TPSA) is 87.0 Å². The molecule has 7 heteroatoms. The van der Waals surface area contributed by atoms with Crippen molar-refractivity contribution < 1.29 is 9.90 Å². The summed E-state index contributed by atoms with van der Waals surface area (Å²) in [6, 6.07) is 3.65. The van der Waals surface area contributed by atoms with E-state index >= 15 is 0 Å². The van der Waals surface area contributed by atoms with E-state index in [0.29, 0.717) is 11.6 Å². The number of nitrogens with zero attached hydrogens (tertiary/aromatic N) is 4. The molecule has 0 atom stereocenters. The fourth-order valence-electron chi connectivity index (χ4n) is 3.40. The Morgan fingerprint density at radius 2 is 2.12 bits per heavy atom. The molecule has 0 unspecified atom stereocenters. The molecular formula is C17H25N5O2. The van der Waals surface area contributed by atoms with E-state index in [-0.39, 0.29) is 5.91 Å². The van der Waals surface area contributed by atoms with Crippen LogP contribution in [0.4, 0.5) is 0 Å². The van der Waals surface area contributed by atoms with Crippen LogP contribution in [0.2, 0.25) is 0 Å². The van der Waals surface area contributed by atoms with Gasteiger partial charge in [-0.1, -0.05) is 0 Å². The molecule has 2 N–H and O–H groups in total. The van der Waals surface area contributed by atoms with Crippen LogP contribution in [0.25, 0.3) is 11.4 Å². The number of rotatable bonds is 4. The predicted octanol–water partition coefficient (Wildman–Crippen LogP) is 1.82. The minimum absolute atomic E-state index is 0.0161. The van der Waals surface area contributed by atoms with Gasteiger partial charge in [0.2, 0.25) is 0 Å². The van der Waals surface area contributed by atoms with Crippen molar-refractivity contribution in [2.75, 3.05) is 13.1 Å². The third-order valence-electron chi connectivity index (χ3n) is 4.58. The van der Waals surface area contributed by atoms with Gasteiger partial charge in [0.1, 0.15) is 11.4 Å². The summed E-state index contributed by atoms with van der Waals surface area (Å²) < 4.78 is 1.73. The molecule has 1 aliphatic heterocycles. The fraction of sp³-hybridized carbons (Fsp3) is 0.588. The number of hydrogen-bond acceptors (Lipinski definition) is 4. The van der Waals surface area contributed by atoms with Gasteiger partial charge in [0, 0.05) is 26.3 Å². The zero-order chi connectivity index (χ0) is 17.3. The smallest absolute Gasteiger partial charge is 0.271 e. The highest BCUT2D eigenvalue weighted by Gasteiger charge is 2.28. The summed E-state index contributed by atoms with van der Waals surface area (Å²) in [5.41, 5.74) is 1.45. The van der Waals surface area contributed by atoms with Gasteiger partial charge >= 0.3 is 0 Å². The fourth-order valence-corrected chi connectivity index (χ4v) is 3.40. The summed E-state index contributed by atoms with van der Waals surface area (Å²) in [5, 5.41) is 21.1. The largest absolute Gasteiger partial charge is 0.390 e. The summed E-state index contributed by atoms with van der Waals surface area (Å²) in [6.45, 7) is 5.13. The molecule has 2 aromatic rings. The van der Waals surface area contributed by atoms with Crippen LogP contribution >= 0.6 is 0 Å². The van der Waals surface area contributed by atoms with Crippen LogP contribution in [0.1, 0.15) is 43.6 Å². The Morgan fingerprint density at radius 1 is 1.42 bits per heavy atom. The van der Waals surface area contributed by atoms with Crippen LogP contribution in [0.3, 0.4) is 0 Å². The zero-order valence-corrected chi connectivity index (χ0v) is 14.5. The number of aromatic nitrogens is 4. The Labute approximate surface area is 141 Å². The predicted molar refractivity (Wildman–Crippen MR) is 90.3 cm³/mol. The van der Waals surface area contributed by atoms with E-state index < -0.39 is 5.60 Å². The van der Waals surface area contributed by atoms with E-state index in [0.717, 1.165) is 43.7 Å².